The average molecular weight is 289 g/mol. The summed E-state index contributed by atoms with van der Waals surface area (Å²) in [6.07, 6.45) is 1.09. The Balaban J connectivity index is 2.37. The fourth-order valence-electron chi connectivity index (χ4n) is 2.31. The fraction of sp³-hybridized carbons (Fsp3) is 0.412. The number of hydrogen-bond donors (Lipinski definition) is 1. The van der Waals surface area contributed by atoms with Crippen molar-refractivity contribution in [3.8, 4) is 5.75 Å². The number of rotatable bonds is 7. The molecule has 0 amide bonds. The van der Waals surface area contributed by atoms with Crippen molar-refractivity contribution in [3.63, 3.8) is 0 Å². The number of nitrogens with one attached hydrogen (secondary N) is 1. The fourth-order valence-corrected chi connectivity index (χ4v) is 3.36. The first kappa shape index (κ1) is 15.1. The Hall–Kier alpha value is -1.32. The molecule has 2 nitrogen and oxygen atoms in total. The van der Waals surface area contributed by atoms with Crippen LogP contribution in [0.5, 0.6) is 5.75 Å². The van der Waals surface area contributed by atoms with Crippen LogP contribution in [0.4, 0.5) is 0 Å². The van der Waals surface area contributed by atoms with Gasteiger partial charge in [-0.05, 0) is 38.1 Å². The molecule has 108 valence electrons. The number of hydrogen-bond acceptors (Lipinski definition) is 3. The number of thiophene rings is 1. The third-order valence-electron chi connectivity index (χ3n) is 3.25. The van der Waals surface area contributed by atoms with Crippen molar-refractivity contribution in [2.45, 2.75) is 33.2 Å². The maximum atomic E-state index is 5.78. The molecule has 3 heteroatoms. The summed E-state index contributed by atoms with van der Waals surface area (Å²) in [6, 6.07) is 13.0. The summed E-state index contributed by atoms with van der Waals surface area (Å²) in [4.78, 5) is 2.78. The first-order valence-corrected chi connectivity index (χ1v) is 8.15. The Morgan fingerprint density at radius 2 is 1.90 bits per heavy atom. The van der Waals surface area contributed by atoms with Gasteiger partial charge in [0.05, 0.1) is 12.6 Å². The van der Waals surface area contributed by atoms with Crippen molar-refractivity contribution in [1.82, 2.24) is 5.32 Å². The highest BCUT2D eigenvalue weighted by Crippen LogP contribution is 2.33. The van der Waals surface area contributed by atoms with Crippen molar-refractivity contribution in [2.75, 3.05) is 13.2 Å². The molecule has 1 atom stereocenters. The van der Waals surface area contributed by atoms with Gasteiger partial charge in [0.2, 0.25) is 0 Å². The molecule has 2 rings (SSSR count). The zero-order valence-electron chi connectivity index (χ0n) is 12.5. The number of benzene rings is 1. The summed E-state index contributed by atoms with van der Waals surface area (Å²) in [5.74, 6) is 0.979. The second-order valence-electron chi connectivity index (χ2n) is 4.62. The van der Waals surface area contributed by atoms with Gasteiger partial charge in [0.15, 0.2) is 0 Å². The van der Waals surface area contributed by atoms with Crippen molar-refractivity contribution >= 4 is 11.3 Å². The maximum absolute atomic E-state index is 5.78. The predicted molar refractivity (Wildman–Crippen MR) is 86.8 cm³/mol. The molecule has 0 aliphatic carbocycles. The molecule has 0 aliphatic heterocycles. The van der Waals surface area contributed by atoms with Gasteiger partial charge in [0.1, 0.15) is 5.75 Å². The van der Waals surface area contributed by atoms with Gasteiger partial charge in [0.25, 0.3) is 0 Å². The molecule has 2 aromatic rings. The maximum Gasteiger partial charge on any atom is 0.124 e. The lowest BCUT2D eigenvalue weighted by atomic mass is 10.0. The van der Waals surface area contributed by atoms with Gasteiger partial charge in [-0.2, -0.15) is 0 Å². The van der Waals surface area contributed by atoms with Crippen LogP contribution in [0.3, 0.4) is 0 Å². The molecule has 0 aliphatic rings. The number of ether oxygens (including phenoxy) is 1. The second-order valence-corrected chi connectivity index (χ2v) is 5.82. The summed E-state index contributed by atoms with van der Waals surface area (Å²) in [6.45, 7) is 8.00. The Morgan fingerprint density at radius 1 is 1.10 bits per heavy atom. The molecule has 1 aromatic carbocycles. The van der Waals surface area contributed by atoms with E-state index in [1.54, 1.807) is 0 Å². The monoisotopic (exact) mass is 289 g/mol. The molecule has 0 bridgehead atoms. The van der Waals surface area contributed by atoms with Crippen LogP contribution in [-0.4, -0.2) is 13.2 Å². The Labute approximate surface area is 125 Å². The van der Waals surface area contributed by atoms with Crippen LogP contribution in [0, 0.1) is 0 Å². The Morgan fingerprint density at radius 3 is 2.55 bits per heavy atom. The van der Waals surface area contributed by atoms with E-state index in [4.69, 9.17) is 4.74 Å². The van der Waals surface area contributed by atoms with E-state index in [0.29, 0.717) is 6.61 Å². The number of para-hydroxylation sites is 1. The lowest BCUT2D eigenvalue weighted by molar-refractivity contribution is 0.334. The number of aryl methyl sites for hydroxylation is 1. The van der Waals surface area contributed by atoms with E-state index in [0.717, 1.165) is 18.7 Å². The highest BCUT2D eigenvalue weighted by Gasteiger charge is 2.18. The molecule has 0 spiro atoms. The third-order valence-corrected chi connectivity index (χ3v) is 4.55. The molecule has 1 heterocycles. The molecule has 1 aromatic heterocycles. The standard InChI is InChI=1S/C17H23NOS/c1-4-13-11-12-16(20-13)17(18-5-2)14-9-7-8-10-15(14)19-6-3/h7-12,17-18H,4-6H2,1-3H3. The first-order chi connectivity index (χ1) is 9.80. The van der Waals surface area contributed by atoms with E-state index >= 15 is 0 Å². The zero-order valence-corrected chi connectivity index (χ0v) is 13.3. The van der Waals surface area contributed by atoms with Crippen LogP contribution in [0.25, 0.3) is 0 Å². The van der Waals surface area contributed by atoms with Crippen LogP contribution < -0.4 is 10.1 Å². The van der Waals surface area contributed by atoms with Crippen molar-refractivity contribution in [1.29, 1.82) is 0 Å². The van der Waals surface area contributed by atoms with E-state index in [1.807, 2.05) is 24.3 Å². The van der Waals surface area contributed by atoms with Crippen molar-refractivity contribution < 1.29 is 4.74 Å². The van der Waals surface area contributed by atoms with Crippen molar-refractivity contribution in [3.05, 3.63) is 51.7 Å². The second kappa shape index (κ2) is 7.46. The highest BCUT2D eigenvalue weighted by molar-refractivity contribution is 7.12. The van der Waals surface area contributed by atoms with Gasteiger partial charge in [-0.3, -0.25) is 0 Å². The van der Waals surface area contributed by atoms with E-state index in [1.165, 1.54) is 15.3 Å². The molecular weight excluding hydrogens is 266 g/mol. The molecule has 0 radical (unpaired) electrons. The minimum Gasteiger partial charge on any atom is -0.494 e. The summed E-state index contributed by atoms with van der Waals surface area (Å²) < 4.78 is 5.78. The molecule has 0 fully saturated rings. The van der Waals surface area contributed by atoms with Gasteiger partial charge in [-0.15, -0.1) is 11.3 Å². The Kier molecular flexibility index (Phi) is 5.62. The minimum atomic E-state index is 0.216. The molecule has 1 N–H and O–H groups in total. The van der Waals surface area contributed by atoms with Crippen LogP contribution >= 0.6 is 11.3 Å². The van der Waals surface area contributed by atoms with Crippen LogP contribution in [0.2, 0.25) is 0 Å². The van der Waals surface area contributed by atoms with Crippen molar-refractivity contribution in [2.24, 2.45) is 0 Å². The molecular formula is C17H23NOS. The van der Waals surface area contributed by atoms with E-state index in [2.05, 4.69) is 49.5 Å². The SMILES string of the molecule is CCNC(c1ccc(CC)s1)c1ccccc1OCC. The smallest absolute Gasteiger partial charge is 0.124 e. The van der Waals surface area contributed by atoms with Crippen LogP contribution in [-0.2, 0) is 6.42 Å². The topological polar surface area (TPSA) is 21.3 Å². The van der Waals surface area contributed by atoms with E-state index in [-0.39, 0.29) is 6.04 Å². The normalized spacial score (nSPS) is 12.3. The summed E-state index contributed by atoms with van der Waals surface area (Å²) in [5, 5.41) is 3.58. The lowest BCUT2D eigenvalue weighted by Crippen LogP contribution is -2.21. The van der Waals surface area contributed by atoms with Gasteiger partial charge in [-0.1, -0.05) is 32.0 Å². The first-order valence-electron chi connectivity index (χ1n) is 7.33. The molecule has 20 heavy (non-hydrogen) atoms. The summed E-state index contributed by atoms with van der Waals surface area (Å²) in [5.41, 5.74) is 1.22. The van der Waals surface area contributed by atoms with Gasteiger partial charge < -0.3 is 10.1 Å². The quantitative estimate of drug-likeness (QED) is 0.815. The molecule has 1 unspecified atom stereocenters. The zero-order chi connectivity index (χ0) is 14.4. The molecule has 0 saturated carbocycles. The summed E-state index contributed by atoms with van der Waals surface area (Å²) >= 11 is 1.88. The lowest BCUT2D eigenvalue weighted by Gasteiger charge is -2.20. The summed E-state index contributed by atoms with van der Waals surface area (Å²) in [7, 11) is 0. The average Bonchev–Trinajstić information content (AvgIpc) is 2.95. The minimum absolute atomic E-state index is 0.216. The van der Waals surface area contributed by atoms with Gasteiger partial charge in [-0.25, -0.2) is 0 Å². The molecule has 0 saturated heterocycles. The largest absolute Gasteiger partial charge is 0.494 e. The van der Waals surface area contributed by atoms with Crippen LogP contribution in [0.15, 0.2) is 36.4 Å². The van der Waals surface area contributed by atoms with E-state index < -0.39 is 0 Å². The Bertz CT molecular complexity index is 535. The highest BCUT2D eigenvalue weighted by atomic mass is 32.1. The third kappa shape index (κ3) is 3.41. The van der Waals surface area contributed by atoms with Gasteiger partial charge in [0, 0.05) is 15.3 Å². The predicted octanol–water partition coefficient (Wildman–Crippen LogP) is 4.41. The van der Waals surface area contributed by atoms with E-state index in [9.17, 15) is 0 Å². The van der Waals surface area contributed by atoms with Gasteiger partial charge >= 0.3 is 0 Å². The van der Waals surface area contributed by atoms with Crippen LogP contribution in [0.1, 0.15) is 42.1 Å².